The first kappa shape index (κ1) is 18.4. The van der Waals surface area contributed by atoms with E-state index in [1.165, 1.54) is 11.1 Å². The lowest BCUT2D eigenvalue weighted by Gasteiger charge is -2.34. The van der Waals surface area contributed by atoms with Gasteiger partial charge in [0.25, 0.3) is 5.91 Å². The number of carbonyl (C=O) groups excluding carboxylic acids is 1. The molecule has 2 aromatic rings. The molecule has 26 heavy (non-hydrogen) atoms. The van der Waals surface area contributed by atoms with E-state index in [0.29, 0.717) is 17.8 Å². The van der Waals surface area contributed by atoms with E-state index >= 15 is 0 Å². The largest absolute Gasteiger partial charge is 0.399 e. The minimum atomic E-state index is -0.0938. The monoisotopic (exact) mass is 352 g/mol. The van der Waals surface area contributed by atoms with E-state index in [1.807, 2.05) is 6.07 Å². The maximum Gasteiger partial charge on any atom is 0.251 e. The zero-order valence-electron chi connectivity index (χ0n) is 15.4. The van der Waals surface area contributed by atoms with Crippen molar-refractivity contribution in [2.75, 3.05) is 38.5 Å². The van der Waals surface area contributed by atoms with Crippen LogP contribution in [0.3, 0.4) is 0 Å². The topological polar surface area (TPSA) is 61.6 Å². The summed E-state index contributed by atoms with van der Waals surface area (Å²) in [5.74, 6) is -0.0938. The molecule has 5 heteroatoms. The van der Waals surface area contributed by atoms with Gasteiger partial charge >= 0.3 is 0 Å². The summed E-state index contributed by atoms with van der Waals surface area (Å²) in [6.45, 7) is 9.25. The van der Waals surface area contributed by atoms with Crippen LogP contribution in [0.4, 0.5) is 5.69 Å². The van der Waals surface area contributed by atoms with E-state index < -0.39 is 0 Å². The summed E-state index contributed by atoms with van der Waals surface area (Å²) in [6, 6.07) is 15.4. The molecule has 3 rings (SSSR count). The Labute approximate surface area is 155 Å². The zero-order chi connectivity index (χ0) is 18.4. The standard InChI is InChI=1S/C21H28N4O/c1-2-24-10-12-25(13-11-24)16-19-7-4-3-6-18(19)15-23-21(26)17-8-5-9-20(22)14-17/h3-9,14H,2,10-13,15-16,22H2,1H3,(H,23,26). The van der Waals surface area contributed by atoms with Crippen LogP contribution in [0.5, 0.6) is 0 Å². The van der Waals surface area contributed by atoms with Crippen LogP contribution in [0.15, 0.2) is 48.5 Å². The van der Waals surface area contributed by atoms with Crippen LogP contribution in [0.1, 0.15) is 28.4 Å². The van der Waals surface area contributed by atoms with Crippen LogP contribution in [-0.4, -0.2) is 48.4 Å². The summed E-state index contributed by atoms with van der Waals surface area (Å²) in [6.07, 6.45) is 0. The highest BCUT2D eigenvalue weighted by molar-refractivity contribution is 5.94. The summed E-state index contributed by atoms with van der Waals surface area (Å²) in [5.41, 5.74) is 9.41. The Kier molecular flexibility index (Phi) is 6.26. The van der Waals surface area contributed by atoms with Gasteiger partial charge in [-0.15, -0.1) is 0 Å². The zero-order valence-corrected chi connectivity index (χ0v) is 15.4. The number of anilines is 1. The van der Waals surface area contributed by atoms with Crippen molar-refractivity contribution in [3.63, 3.8) is 0 Å². The Hall–Kier alpha value is -2.37. The molecule has 138 valence electrons. The highest BCUT2D eigenvalue weighted by Gasteiger charge is 2.16. The fourth-order valence-corrected chi connectivity index (χ4v) is 3.35. The molecule has 0 radical (unpaired) electrons. The summed E-state index contributed by atoms with van der Waals surface area (Å²) < 4.78 is 0. The van der Waals surface area contributed by atoms with Crippen LogP contribution in [-0.2, 0) is 13.1 Å². The Morgan fingerprint density at radius 1 is 1.00 bits per heavy atom. The molecule has 0 atom stereocenters. The molecular weight excluding hydrogens is 324 g/mol. The number of hydrogen-bond acceptors (Lipinski definition) is 4. The third kappa shape index (κ3) is 4.84. The van der Waals surface area contributed by atoms with E-state index in [1.54, 1.807) is 24.3 Å². The quantitative estimate of drug-likeness (QED) is 0.784. The third-order valence-electron chi connectivity index (χ3n) is 5.01. The highest BCUT2D eigenvalue weighted by Crippen LogP contribution is 2.14. The first-order valence-electron chi connectivity index (χ1n) is 9.31. The molecule has 0 aromatic heterocycles. The van der Waals surface area contributed by atoms with Gasteiger partial charge in [-0.25, -0.2) is 0 Å². The van der Waals surface area contributed by atoms with Crippen molar-refractivity contribution in [2.24, 2.45) is 0 Å². The number of likely N-dealkylation sites (N-methyl/N-ethyl adjacent to an activating group) is 1. The van der Waals surface area contributed by atoms with Gasteiger partial charge in [-0.2, -0.15) is 0 Å². The Bertz CT molecular complexity index is 738. The molecule has 5 nitrogen and oxygen atoms in total. The van der Waals surface area contributed by atoms with Crippen molar-refractivity contribution < 1.29 is 4.79 Å². The van der Waals surface area contributed by atoms with Gasteiger partial charge in [0.1, 0.15) is 0 Å². The maximum absolute atomic E-state index is 12.4. The van der Waals surface area contributed by atoms with Gasteiger partial charge in [-0.3, -0.25) is 9.69 Å². The number of carbonyl (C=O) groups is 1. The molecule has 0 bridgehead atoms. The molecule has 0 spiro atoms. The van der Waals surface area contributed by atoms with Crippen LogP contribution in [0.25, 0.3) is 0 Å². The molecule has 1 amide bonds. The van der Waals surface area contributed by atoms with Gasteiger partial charge in [0, 0.05) is 50.5 Å². The SMILES string of the molecule is CCN1CCN(Cc2ccccc2CNC(=O)c2cccc(N)c2)CC1. The first-order chi connectivity index (χ1) is 12.7. The number of piperazine rings is 1. The second kappa shape index (κ2) is 8.83. The summed E-state index contributed by atoms with van der Waals surface area (Å²) in [5, 5.41) is 3.02. The molecule has 1 aliphatic rings. The maximum atomic E-state index is 12.4. The van der Waals surface area contributed by atoms with Crippen molar-refractivity contribution in [3.8, 4) is 0 Å². The lowest BCUT2D eigenvalue weighted by Crippen LogP contribution is -2.45. The van der Waals surface area contributed by atoms with Crippen LogP contribution >= 0.6 is 0 Å². The molecule has 1 aliphatic heterocycles. The number of benzene rings is 2. The van der Waals surface area contributed by atoms with Gasteiger partial charge in [-0.1, -0.05) is 37.3 Å². The van der Waals surface area contributed by atoms with Gasteiger partial charge in [-0.05, 0) is 35.9 Å². The summed E-state index contributed by atoms with van der Waals surface area (Å²) in [4.78, 5) is 17.3. The fraction of sp³-hybridized carbons (Fsp3) is 0.381. The van der Waals surface area contributed by atoms with Crippen molar-refractivity contribution in [3.05, 3.63) is 65.2 Å². The number of nitrogens with zero attached hydrogens (tertiary/aromatic N) is 2. The molecule has 1 saturated heterocycles. The summed E-state index contributed by atoms with van der Waals surface area (Å²) in [7, 11) is 0. The number of rotatable bonds is 6. The first-order valence-corrected chi connectivity index (χ1v) is 9.31. The van der Waals surface area contributed by atoms with E-state index in [2.05, 4.69) is 40.2 Å². The van der Waals surface area contributed by atoms with E-state index in [-0.39, 0.29) is 5.91 Å². The van der Waals surface area contributed by atoms with E-state index in [9.17, 15) is 4.79 Å². The highest BCUT2D eigenvalue weighted by atomic mass is 16.1. The number of hydrogen-bond donors (Lipinski definition) is 2. The summed E-state index contributed by atoms with van der Waals surface area (Å²) >= 11 is 0. The molecule has 2 aromatic carbocycles. The van der Waals surface area contributed by atoms with Crippen molar-refractivity contribution in [2.45, 2.75) is 20.0 Å². The Morgan fingerprint density at radius 2 is 1.69 bits per heavy atom. The Balaban J connectivity index is 1.59. The van der Waals surface area contributed by atoms with Crippen molar-refractivity contribution >= 4 is 11.6 Å². The van der Waals surface area contributed by atoms with Crippen LogP contribution in [0, 0.1) is 0 Å². The Morgan fingerprint density at radius 3 is 2.38 bits per heavy atom. The number of nitrogen functional groups attached to an aromatic ring is 1. The molecular formula is C21H28N4O. The van der Waals surface area contributed by atoms with E-state index in [4.69, 9.17) is 5.73 Å². The second-order valence-corrected chi connectivity index (χ2v) is 6.79. The lowest BCUT2D eigenvalue weighted by atomic mass is 10.1. The molecule has 0 saturated carbocycles. The van der Waals surface area contributed by atoms with Crippen LogP contribution in [0.2, 0.25) is 0 Å². The van der Waals surface area contributed by atoms with Crippen molar-refractivity contribution in [1.82, 2.24) is 15.1 Å². The average molecular weight is 352 g/mol. The molecule has 1 heterocycles. The van der Waals surface area contributed by atoms with Gasteiger partial charge in [0.05, 0.1) is 0 Å². The lowest BCUT2D eigenvalue weighted by molar-refractivity contribution is 0.0950. The second-order valence-electron chi connectivity index (χ2n) is 6.79. The smallest absolute Gasteiger partial charge is 0.251 e. The van der Waals surface area contributed by atoms with Crippen LogP contribution < -0.4 is 11.1 Å². The molecule has 3 N–H and O–H groups in total. The van der Waals surface area contributed by atoms with Gasteiger partial charge in [0.15, 0.2) is 0 Å². The van der Waals surface area contributed by atoms with Crippen molar-refractivity contribution in [1.29, 1.82) is 0 Å². The molecule has 0 aliphatic carbocycles. The number of amides is 1. The van der Waals surface area contributed by atoms with Gasteiger partial charge in [0.2, 0.25) is 0 Å². The van der Waals surface area contributed by atoms with Gasteiger partial charge < -0.3 is 16.0 Å². The average Bonchev–Trinajstić information content (AvgIpc) is 2.67. The normalized spacial score (nSPS) is 15.7. The molecule has 1 fully saturated rings. The predicted molar refractivity (Wildman–Crippen MR) is 106 cm³/mol. The minimum Gasteiger partial charge on any atom is -0.399 e. The third-order valence-corrected chi connectivity index (χ3v) is 5.01. The number of nitrogens with two attached hydrogens (primary N) is 1. The molecule has 0 unspecified atom stereocenters. The minimum absolute atomic E-state index is 0.0938. The fourth-order valence-electron chi connectivity index (χ4n) is 3.35. The number of nitrogens with one attached hydrogen (secondary N) is 1. The predicted octanol–water partition coefficient (Wildman–Crippen LogP) is 2.34. The van der Waals surface area contributed by atoms with E-state index in [0.717, 1.165) is 39.3 Å².